The van der Waals surface area contributed by atoms with E-state index in [2.05, 4.69) is 20.2 Å². The van der Waals surface area contributed by atoms with E-state index in [1.807, 2.05) is 24.8 Å². The van der Waals surface area contributed by atoms with E-state index in [4.69, 9.17) is 0 Å². The number of aromatic amines is 1. The Morgan fingerprint density at radius 2 is 2.25 bits per heavy atom. The van der Waals surface area contributed by atoms with Gasteiger partial charge in [0.1, 0.15) is 12.7 Å². The summed E-state index contributed by atoms with van der Waals surface area (Å²) < 4.78 is 3.24. The molecule has 9 heteroatoms. The lowest BCUT2D eigenvalue weighted by atomic mass is 10.1. The first-order chi connectivity index (χ1) is 13.6. The lowest BCUT2D eigenvalue weighted by Gasteiger charge is -2.23. The Balaban J connectivity index is 1.52. The van der Waals surface area contributed by atoms with Gasteiger partial charge in [0.05, 0.1) is 11.7 Å². The number of aromatic nitrogens is 6. The van der Waals surface area contributed by atoms with Crippen LogP contribution in [-0.4, -0.2) is 46.7 Å². The van der Waals surface area contributed by atoms with Gasteiger partial charge in [0.25, 0.3) is 5.56 Å². The Morgan fingerprint density at radius 3 is 3.00 bits per heavy atom. The Morgan fingerprint density at radius 1 is 1.39 bits per heavy atom. The summed E-state index contributed by atoms with van der Waals surface area (Å²) in [7, 11) is 0. The first-order valence-corrected chi connectivity index (χ1v) is 9.81. The van der Waals surface area contributed by atoms with Crippen LogP contribution in [0, 0.1) is 6.92 Å². The molecule has 0 unspecified atom stereocenters. The summed E-state index contributed by atoms with van der Waals surface area (Å²) in [5.41, 5.74) is 2.92. The van der Waals surface area contributed by atoms with E-state index in [1.54, 1.807) is 11.0 Å². The molecule has 1 amide bonds. The lowest BCUT2D eigenvalue weighted by molar-refractivity contribution is -0.132. The molecule has 0 bridgehead atoms. The van der Waals surface area contributed by atoms with Crippen molar-refractivity contribution in [2.45, 2.75) is 58.5 Å². The SMILES string of the molecule is CCc1c(C)nc2cc([C@@H]3CCCN3C(=O)CCCn3cncn3)[nH]n2c1=O. The van der Waals surface area contributed by atoms with Gasteiger partial charge in [0, 0.05) is 36.8 Å². The molecule has 0 aliphatic carbocycles. The van der Waals surface area contributed by atoms with Crippen molar-refractivity contribution >= 4 is 11.6 Å². The molecule has 28 heavy (non-hydrogen) atoms. The Labute approximate surface area is 162 Å². The predicted octanol–water partition coefficient (Wildman–Crippen LogP) is 1.63. The number of hydrogen-bond donors (Lipinski definition) is 1. The number of rotatable bonds is 6. The van der Waals surface area contributed by atoms with Crippen molar-refractivity contribution in [2.24, 2.45) is 0 Å². The second kappa shape index (κ2) is 7.57. The average molecular weight is 383 g/mol. The highest BCUT2D eigenvalue weighted by Crippen LogP contribution is 2.32. The van der Waals surface area contributed by atoms with Crippen LogP contribution in [0.15, 0.2) is 23.5 Å². The molecule has 1 atom stereocenters. The quantitative estimate of drug-likeness (QED) is 0.697. The summed E-state index contributed by atoms with van der Waals surface area (Å²) in [5, 5.41) is 7.26. The van der Waals surface area contributed by atoms with E-state index in [9.17, 15) is 9.59 Å². The molecule has 1 saturated heterocycles. The number of hydrogen-bond acceptors (Lipinski definition) is 5. The van der Waals surface area contributed by atoms with Gasteiger partial charge in [-0.3, -0.25) is 19.4 Å². The van der Waals surface area contributed by atoms with Crippen LogP contribution in [0.1, 0.15) is 55.6 Å². The van der Waals surface area contributed by atoms with E-state index in [0.29, 0.717) is 25.0 Å². The minimum atomic E-state index is -0.0556. The number of H-pyrrole nitrogens is 1. The van der Waals surface area contributed by atoms with Crippen molar-refractivity contribution in [1.29, 1.82) is 0 Å². The molecule has 3 aromatic rings. The summed E-state index contributed by atoms with van der Waals surface area (Å²) >= 11 is 0. The second-order valence-electron chi connectivity index (χ2n) is 7.25. The van der Waals surface area contributed by atoms with E-state index in [-0.39, 0.29) is 17.5 Å². The van der Waals surface area contributed by atoms with Crippen molar-refractivity contribution in [3.05, 3.63) is 46.0 Å². The zero-order valence-electron chi connectivity index (χ0n) is 16.3. The Bertz CT molecular complexity index is 1030. The number of nitrogens with zero attached hydrogens (tertiary/aromatic N) is 6. The number of aryl methyl sites for hydroxylation is 2. The molecule has 4 rings (SSSR count). The van der Waals surface area contributed by atoms with Crippen molar-refractivity contribution < 1.29 is 4.79 Å². The number of nitrogens with one attached hydrogen (secondary N) is 1. The largest absolute Gasteiger partial charge is 0.334 e. The van der Waals surface area contributed by atoms with Crippen LogP contribution in [0.4, 0.5) is 0 Å². The van der Waals surface area contributed by atoms with E-state index < -0.39 is 0 Å². The monoisotopic (exact) mass is 383 g/mol. The summed E-state index contributed by atoms with van der Waals surface area (Å²) in [6.07, 6.45) is 6.83. The molecule has 0 radical (unpaired) electrons. The highest BCUT2D eigenvalue weighted by molar-refractivity contribution is 5.77. The van der Waals surface area contributed by atoms with Gasteiger partial charge in [-0.15, -0.1) is 0 Å². The zero-order chi connectivity index (χ0) is 19.7. The third-order valence-electron chi connectivity index (χ3n) is 5.46. The molecule has 1 aliphatic rings. The zero-order valence-corrected chi connectivity index (χ0v) is 16.3. The van der Waals surface area contributed by atoms with Gasteiger partial charge in [0.15, 0.2) is 5.65 Å². The van der Waals surface area contributed by atoms with Crippen LogP contribution in [0.5, 0.6) is 0 Å². The molecule has 1 N–H and O–H groups in total. The molecule has 3 aromatic heterocycles. The maximum atomic E-state index is 12.8. The van der Waals surface area contributed by atoms with Crippen molar-refractivity contribution in [1.82, 2.24) is 34.3 Å². The number of carbonyl (C=O) groups excluding carboxylic acids is 1. The smallest absolute Gasteiger partial charge is 0.276 e. The van der Waals surface area contributed by atoms with Crippen LogP contribution in [-0.2, 0) is 17.8 Å². The molecule has 0 aromatic carbocycles. The first-order valence-electron chi connectivity index (χ1n) is 9.81. The minimum absolute atomic E-state index is 0.0367. The van der Waals surface area contributed by atoms with Gasteiger partial charge in [-0.2, -0.15) is 5.10 Å². The van der Waals surface area contributed by atoms with Gasteiger partial charge in [-0.25, -0.2) is 14.5 Å². The fourth-order valence-corrected chi connectivity index (χ4v) is 4.04. The molecule has 4 heterocycles. The molecule has 148 valence electrons. The van der Waals surface area contributed by atoms with E-state index in [0.717, 1.165) is 42.8 Å². The molecule has 0 spiro atoms. The molecule has 0 saturated carbocycles. The number of fused-ring (bicyclic) bond motifs is 1. The minimum Gasteiger partial charge on any atom is -0.334 e. The fraction of sp³-hybridized carbons (Fsp3) is 0.526. The Hall–Kier alpha value is -2.97. The van der Waals surface area contributed by atoms with E-state index in [1.165, 1.54) is 10.8 Å². The third-order valence-corrected chi connectivity index (χ3v) is 5.46. The van der Waals surface area contributed by atoms with Crippen LogP contribution in [0.3, 0.4) is 0 Å². The van der Waals surface area contributed by atoms with Crippen LogP contribution < -0.4 is 5.56 Å². The van der Waals surface area contributed by atoms with Crippen molar-refractivity contribution in [3.8, 4) is 0 Å². The average Bonchev–Trinajstić information content (AvgIpc) is 3.42. The number of amides is 1. The lowest BCUT2D eigenvalue weighted by Crippen LogP contribution is -2.31. The van der Waals surface area contributed by atoms with Gasteiger partial charge < -0.3 is 4.90 Å². The topological polar surface area (TPSA) is 101 Å². The second-order valence-corrected chi connectivity index (χ2v) is 7.25. The molecule has 1 aliphatic heterocycles. The highest BCUT2D eigenvalue weighted by Gasteiger charge is 2.31. The van der Waals surface area contributed by atoms with Gasteiger partial charge in [0.2, 0.25) is 5.91 Å². The summed E-state index contributed by atoms with van der Waals surface area (Å²) in [5.74, 6) is 0.131. The van der Waals surface area contributed by atoms with Crippen molar-refractivity contribution in [2.75, 3.05) is 6.54 Å². The van der Waals surface area contributed by atoms with Gasteiger partial charge in [-0.1, -0.05) is 6.92 Å². The molecule has 9 nitrogen and oxygen atoms in total. The normalized spacial score (nSPS) is 16.9. The standard InChI is InChI=1S/C19H25N7O2/c1-3-14-13(2)22-17-10-15(23-26(17)19(14)28)16-6-4-9-25(16)18(27)7-5-8-24-12-20-11-21-24/h10-12,16,23H,3-9H2,1-2H3/t16-/m0/s1. The number of carbonyl (C=O) groups is 1. The summed E-state index contributed by atoms with van der Waals surface area (Å²) in [4.78, 5) is 35.8. The Kier molecular flexibility index (Phi) is 4.97. The fourth-order valence-electron chi connectivity index (χ4n) is 4.04. The van der Waals surface area contributed by atoms with Gasteiger partial charge in [-0.05, 0) is 32.6 Å². The summed E-state index contributed by atoms with van der Waals surface area (Å²) in [6, 6.07) is 1.87. The van der Waals surface area contributed by atoms with Crippen LogP contribution in [0.25, 0.3) is 5.65 Å². The summed E-state index contributed by atoms with van der Waals surface area (Å²) in [6.45, 7) is 5.24. The van der Waals surface area contributed by atoms with Crippen LogP contribution >= 0.6 is 0 Å². The maximum Gasteiger partial charge on any atom is 0.276 e. The van der Waals surface area contributed by atoms with E-state index >= 15 is 0 Å². The number of likely N-dealkylation sites (tertiary alicyclic amines) is 1. The molecule has 1 fully saturated rings. The first kappa shape index (κ1) is 18.4. The predicted molar refractivity (Wildman–Crippen MR) is 103 cm³/mol. The molecular formula is C19H25N7O2. The van der Waals surface area contributed by atoms with Crippen molar-refractivity contribution in [3.63, 3.8) is 0 Å². The third kappa shape index (κ3) is 3.32. The highest BCUT2D eigenvalue weighted by atomic mass is 16.2. The maximum absolute atomic E-state index is 12.8. The van der Waals surface area contributed by atoms with Crippen LogP contribution in [0.2, 0.25) is 0 Å². The molecular weight excluding hydrogens is 358 g/mol. The van der Waals surface area contributed by atoms with Gasteiger partial charge >= 0.3 is 0 Å².